The van der Waals surface area contributed by atoms with Crippen molar-refractivity contribution in [2.45, 2.75) is 40.4 Å². The number of rotatable bonds is 7. The third-order valence-electron chi connectivity index (χ3n) is 5.13. The van der Waals surface area contributed by atoms with Crippen molar-refractivity contribution >= 4 is 29.9 Å². The zero-order chi connectivity index (χ0) is 21.5. The van der Waals surface area contributed by atoms with E-state index in [0.29, 0.717) is 19.6 Å². The van der Waals surface area contributed by atoms with Crippen LogP contribution in [0, 0.1) is 13.8 Å². The van der Waals surface area contributed by atoms with Gasteiger partial charge in [-0.05, 0) is 38.0 Å². The molecule has 0 bridgehead atoms. The number of aromatic nitrogens is 3. The highest BCUT2D eigenvalue weighted by atomic mass is 127. The standard InChI is InChI=1S/C23H30N6O.HI/c1-5-24-23(26-15-21-17(2)27-28(4)18(21)3)25-14-19-9-11-20(12-10-19)16-29-13-7-6-8-22(29)30;/h6-13H,5,14-16H2,1-4H3,(H2,24,25,26);1H. The molecule has 0 saturated heterocycles. The Labute approximate surface area is 200 Å². The number of hydrogen-bond acceptors (Lipinski definition) is 3. The van der Waals surface area contributed by atoms with Crippen molar-refractivity contribution in [2.24, 2.45) is 12.0 Å². The summed E-state index contributed by atoms with van der Waals surface area (Å²) in [5.74, 6) is 0.778. The van der Waals surface area contributed by atoms with Gasteiger partial charge in [-0.15, -0.1) is 24.0 Å². The molecule has 0 amide bonds. The normalized spacial score (nSPS) is 11.2. The first kappa shape index (κ1) is 24.6. The van der Waals surface area contributed by atoms with Gasteiger partial charge in [0.1, 0.15) is 0 Å². The van der Waals surface area contributed by atoms with Crippen molar-refractivity contribution in [1.82, 2.24) is 25.0 Å². The molecule has 0 aliphatic carbocycles. The number of hydrogen-bond donors (Lipinski definition) is 2. The highest BCUT2D eigenvalue weighted by Gasteiger charge is 2.09. The first-order valence-corrected chi connectivity index (χ1v) is 10.2. The Hall–Kier alpha value is -2.62. The maximum atomic E-state index is 11.9. The molecule has 8 heteroatoms. The van der Waals surface area contributed by atoms with Crippen LogP contribution in [0.2, 0.25) is 0 Å². The van der Waals surface area contributed by atoms with Crippen LogP contribution in [0.25, 0.3) is 0 Å². The minimum Gasteiger partial charge on any atom is -0.357 e. The van der Waals surface area contributed by atoms with E-state index in [2.05, 4.69) is 41.7 Å². The molecule has 3 aromatic rings. The molecule has 0 aliphatic heterocycles. The molecule has 2 aromatic heterocycles. The van der Waals surface area contributed by atoms with Crippen molar-refractivity contribution in [1.29, 1.82) is 0 Å². The Morgan fingerprint density at radius 2 is 1.77 bits per heavy atom. The minimum atomic E-state index is 0. The first-order valence-electron chi connectivity index (χ1n) is 10.2. The highest BCUT2D eigenvalue weighted by Crippen LogP contribution is 2.11. The molecule has 3 rings (SSSR count). The van der Waals surface area contributed by atoms with E-state index in [1.807, 2.05) is 36.9 Å². The molecule has 0 unspecified atom stereocenters. The van der Waals surface area contributed by atoms with Gasteiger partial charge in [0.05, 0.1) is 18.8 Å². The van der Waals surface area contributed by atoms with Gasteiger partial charge in [-0.3, -0.25) is 9.48 Å². The summed E-state index contributed by atoms with van der Waals surface area (Å²) in [6.45, 7) is 8.77. The zero-order valence-electron chi connectivity index (χ0n) is 18.6. The van der Waals surface area contributed by atoms with Crippen LogP contribution >= 0.6 is 24.0 Å². The van der Waals surface area contributed by atoms with E-state index < -0.39 is 0 Å². The quantitative estimate of drug-likeness (QED) is 0.278. The van der Waals surface area contributed by atoms with Gasteiger partial charge < -0.3 is 15.2 Å². The molecule has 0 atom stereocenters. The second-order valence-electron chi connectivity index (χ2n) is 7.30. The van der Waals surface area contributed by atoms with Gasteiger partial charge in [0.2, 0.25) is 0 Å². The minimum absolute atomic E-state index is 0. The van der Waals surface area contributed by atoms with Gasteiger partial charge in [-0.1, -0.05) is 30.3 Å². The predicted octanol–water partition coefficient (Wildman–Crippen LogP) is 3.12. The molecule has 0 radical (unpaired) electrons. The average molecular weight is 534 g/mol. The van der Waals surface area contributed by atoms with Crippen molar-refractivity contribution in [3.8, 4) is 0 Å². The second-order valence-corrected chi connectivity index (χ2v) is 7.30. The van der Waals surface area contributed by atoms with Gasteiger partial charge in [0.15, 0.2) is 5.96 Å². The molecular formula is C23H31IN6O. The number of halogens is 1. The summed E-state index contributed by atoms with van der Waals surface area (Å²) < 4.78 is 3.60. The number of benzene rings is 1. The highest BCUT2D eigenvalue weighted by molar-refractivity contribution is 14.0. The van der Waals surface area contributed by atoms with Crippen molar-refractivity contribution in [3.63, 3.8) is 0 Å². The van der Waals surface area contributed by atoms with Crippen LogP contribution in [-0.4, -0.2) is 26.9 Å². The van der Waals surface area contributed by atoms with Crippen LogP contribution in [-0.2, 0) is 26.7 Å². The zero-order valence-corrected chi connectivity index (χ0v) is 20.9. The second kappa shape index (κ2) is 11.7. The third kappa shape index (κ3) is 6.68. The van der Waals surface area contributed by atoms with Crippen molar-refractivity contribution < 1.29 is 0 Å². The summed E-state index contributed by atoms with van der Waals surface area (Å²) >= 11 is 0. The molecule has 31 heavy (non-hydrogen) atoms. The monoisotopic (exact) mass is 534 g/mol. The Morgan fingerprint density at radius 3 is 2.39 bits per heavy atom. The summed E-state index contributed by atoms with van der Waals surface area (Å²) in [6.07, 6.45) is 1.81. The van der Waals surface area contributed by atoms with E-state index in [4.69, 9.17) is 4.99 Å². The lowest BCUT2D eigenvalue weighted by atomic mass is 10.1. The Kier molecular flexibility index (Phi) is 9.29. The SMILES string of the molecule is CCNC(=NCc1ccc(Cn2ccccc2=O)cc1)NCc1c(C)nn(C)c1C.I. The smallest absolute Gasteiger partial charge is 0.250 e. The summed E-state index contributed by atoms with van der Waals surface area (Å²) in [5.41, 5.74) is 5.60. The lowest BCUT2D eigenvalue weighted by molar-refractivity contribution is 0.728. The fourth-order valence-corrected chi connectivity index (χ4v) is 3.30. The van der Waals surface area contributed by atoms with E-state index in [0.717, 1.165) is 35.0 Å². The summed E-state index contributed by atoms with van der Waals surface area (Å²) in [6, 6.07) is 13.4. The summed E-state index contributed by atoms with van der Waals surface area (Å²) in [7, 11) is 1.96. The van der Waals surface area contributed by atoms with E-state index >= 15 is 0 Å². The largest absolute Gasteiger partial charge is 0.357 e. The van der Waals surface area contributed by atoms with Gasteiger partial charge >= 0.3 is 0 Å². The molecule has 1 aromatic carbocycles. The van der Waals surface area contributed by atoms with Crippen LogP contribution in [0.15, 0.2) is 58.4 Å². The number of guanidine groups is 1. The third-order valence-corrected chi connectivity index (χ3v) is 5.13. The Balaban J connectivity index is 0.00000341. The number of aryl methyl sites for hydroxylation is 2. The van der Waals surface area contributed by atoms with Crippen LogP contribution in [0.5, 0.6) is 0 Å². The van der Waals surface area contributed by atoms with Crippen molar-refractivity contribution in [3.05, 3.63) is 87.1 Å². The molecule has 2 heterocycles. The Bertz CT molecular complexity index is 1070. The molecule has 166 valence electrons. The lowest BCUT2D eigenvalue weighted by Gasteiger charge is -2.12. The summed E-state index contributed by atoms with van der Waals surface area (Å²) in [5, 5.41) is 11.2. The fourth-order valence-electron chi connectivity index (χ4n) is 3.30. The number of nitrogens with one attached hydrogen (secondary N) is 2. The van der Waals surface area contributed by atoms with Gasteiger partial charge in [0.25, 0.3) is 5.56 Å². The fraction of sp³-hybridized carbons (Fsp3) is 0.348. The summed E-state index contributed by atoms with van der Waals surface area (Å²) in [4.78, 5) is 16.6. The van der Waals surface area contributed by atoms with Crippen molar-refractivity contribution in [2.75, 3.05) is 6.54 Å². The number of aliphatic imine (C=N–C) groups is 1. The lowest BCUT2D eigenvalue weighted by Crippen LogP contribution is -2.37. The first-order chi connectivity index (χ1) is 14.5. The van der Waals surface area contributed by atoms with Gasteiger partial charge in [0, 0.05) is 43.7 Å². The van der Waals surface area contributed by atoms with E-state index in [-0.39, 0.29) is 29.5 Å². The van der Waals surface area contributed by atoms with E-state index in [9.17, 15) is 4.79 Å². The molecule has 0 saturated carbocycles. The maximum Gasteiger partial charge on any atom is 0.250 e. The molecule has 0 fully saturated rings. The van der Waals surface area contributed by atoms with Crippen LogP contribution < -0.4 is 16.2 Å². The number of pyridine rings is 1. The molecule has 2 N–H and O–H groups in total. The van der Waals surface area contributed by atoms with Crippen LogP contribution in [0.4, 0.5) is 0 Å². The van der Waals surface area contributed by atoms with Crippen LogP contribution in [0.1, 0.15) is 35.0 Å². The van der Waals surface area contributed by atoms with Gasteiger partial charge in [-0.25, -0.2) is 4.99 Å². The van der Waals surface area contributed by atoms with E-state index in [1.165, 1.54) is 5.56 Å². The van der Waals surface area contributed by atoms with E-state index in [1.54, 1.807) is 22.9 Å². The van der Waals surface area contributed by atoms with Gasteiger partial charge in [-0.2, -0.15) is 5.10 Å². The molecular weight excluding hydrogens is 503 g/mol. The Morgan fingerprint density at radius 1 is 1.06 bits per heavy atom. The molecule has 0 aliphatic rings. The van der Waals surface area contributed by atoms with Crippen LogP contribution in [0.3, 0.4) is 0 Å². The maximum absolute atomic E-state index is 11.9. The molecule has 7 nitrogen and oxygen atoms in total. The number of nitrogens with zero attached hydrogens (tertiary/aromatic N) is 4. The molecule has 0 spiro atoms. The predicted molar refractivity (Wildman–Crippen MR) is 136 cm³/mol. The average Bonchev–Trinajstić information content (AvgIpc) is 2.98. The topological polar surface area (TPSA) is 76.2 Å².